The molecule has 31 heavy (non-hydrogen) atoms. The first-order valence-corrected chi connectivity index (χ1v) is 11.8. The van der Waals surface area contributed by atoms with Gasteiger partial charge in [-0.15, -0.1) is 0 Å². The van der Waals surface area contributed by atoms with Gasteiger partial charge in [0, 0.05) is 30.6 Å². The van der Waals surface area contributed by atoms with Gasteiger partial charge in [-0.25, -0.2) is 0 Å². The standard InChI is InChI=1S/C24H37N3O4/c1-15-22(19-6-4-5-7-20(19)31-15)23(30)25-12-16-10-17-8-9-18(11-16)27(17)13-21(29)26-24(2,3)14-28/h16-18,28H,4-14H2,1-3H3,(H,25,30)(H,26,29). The maximum absolute atomic E-state index is 12.9. The number of hydrogen-bond acceptors (Lipinski definition) is 5. The van der Waals surface area contributed by atoms with E-state index in [9.17, 15) is 14.7 Å². The molecule has 3 heterocycles. The molecule has 2 fully saturated rings. The minimum atomic E-state index is -0.594. The lowest BCUT2D eigenvalue weighted by Gasteiger charge is -2.39. The number of amides is 2. The number of fused-ring (bicyclic) bond motifs is 3. The first-order chi connectivity index (χ1) is 14.8. The molecule has 1 aromatic rings. The van der Waals surface area contributed by atoms with E-state index in [1.165, 1.54) is 0 Å². The molecule has 0 spiro atoms. The molecule has 2 unspecified atom stereocenters. The predicted molar refractivity (Wildman–Crippen MR) is 118 cm³/mol. The molecule has 3 N–H and O–H groups in total. The number of furan rings is 1. The molecule has 7 heteroatoms. The molecular formula is C24H37N3O4. The number of carbonyl (C=O) groups is 2. The Labute approximate surface area is 184 Å². The predicted octanol–water partition coefficient (Wildman–Crippen LogP) is 2.33. The highest BCUT2D eigenvalue weighted by Crippen LogP contribution is 2.38. The Balaban J connectivity index is 1.30. The molecule has 2 bridgehead atoms. The number of aryl methyl sites for hydroxylation is 2. The van der Waals surface area contributed by atoms with Gasteiger partial charge in [0.1, 0.15) is 11.5 Å². The molecule has 2 amide bonds. The summed E-state index contributed by atoms with van der Waals surface area (Å²) in [6.07, 6.45) is 8.38. The van der Waals surface area contributed by atoms with Crippen molar-refractivity contribution in [3.63, 3.8) is 0 Å². The first-order valence-electron chi connectivity index (χ1n) is 11.8. The lowest BCUT2D eigenvalue weighted by atomic mass is 9.90. The summed E-state index contributed by atoms with van der Waals surface area (Å²) in [6, 6.07) is 0.791. The average Bonchev–Trinajstić information content (AvgIpc) is 3.16. The smallest absolute Gasteiger partial charge is 0.255 e. The number of rotatable bonds is 7. The van der Waals surface area contributed by atoms with Crippen LogP contribution in [0.5, 0.6) is 0 Å². The Morgan fingerprint density at radius 2 is 1.84 bits per heavy atom. The van der Waals surface area contributed by atoms with Crippen LogP contribution in [0.4, 0.5) is 0 Å². The van der Waals surface area contributed by atoms with Crippen molar-refractivity contribution >= 4 is 11.8 Å². The van der Waals surface area contributed by atoms with Crippen LogP contribution in [0.15, 0.2) is 4.42 Å². The lowest BCUT2D eigenvalue weighted by Crippen LogP contribution is -2.53. The van der Waals surface area contributed by atoms with Crippen molar-refractivity contribution in [3.05, 3.63) is 22.6 Å². The first kappa shape index (κ1) is 22.3. The summed E-state index contributed by atoms with van der Waals surface area (Å²) in [4.78, 5) is 27.7. The molecule has 1 aliphatic carbocycles. The Morgan fingerprint density at radius 3 is 2.52 bits per heavy atom. The summed E-state index contributed by atoms with van der Waals surface area (Å²) in [5.74, 6) is 2.17. The summed E-state index contributed by atoms with van der Waals surface area (Å²) in [6.45, 7) is 6.54. The van der Waals surface area contributed by atoms with E-state index in [2.05, 4.69) is 15.5 Å². The minimum absolute atomic E-state index is 0.00443. The molecule has 1 aromatic heterocycles. The van der Waals surface area contributed by atoms with Crippen molar-refractivity contribution in [2.45, 2.75) is 89.8 Å². The highest BCUT2D eigenvalue weighted by atomic mass is 16.3. The van der Waals surface area contributed by atoms with E-state index in [1.807, 2.05) is 20.8 Å². The van der Waals surface area contributed by atoms with Crippen molar-refractivity contribution in [2.75, 3.05) is 19.7 Å². The van der Waals surface area contributed by atoms with E-state index in [4.69, 9.17) is 4.42 Å². The van der Waals surface area contributed by atoms with E-state index in [0.717, 1.165) is 74.0 Å². The second-order valence-corrected chi connectivity index (χ2v) is 10.3. The number of nitrogens with zero attached hydrogens (tertiary/aromatic N) is 1. The van der Waals surface area contributed by atoms with Gasteiger partial charge in [-0.1, -0.05) is 0 Å². The van der Waals surface area contributed by atoms with Crippen LogP contribution in [-0.4, -0.2) is 59.1 Å². The summed E-state index contributed by atoms with van der Waals surface area (Å²) in [5.41, 5.74) is 1.29. The molecular weight excluding hydrogens is 394 g/mol. The second kappa shape index (κ2) is 8.94. The van der Waals surface area contributed by atoms with Crippen LogP contribution < -0.4 is 10.6 Å². The molecule has 172 valence electrons. The Kier molecular flexibility index (Phi) is 6.44. The van der Waals surface area contributed by atoms with Crippen molar-refractivity contribution in [1.29, 1.82) is 0 Å². The number of hydrogen-bond donors (Lipinski definition) is 3. The van der Waals surface area contributed by atoms with Gasteiger partial charge in [0.2, 0.25) is 5.91 Å². The number of aliphatic hydroxyl groups excluding tert-OH is 1. The van der Waals surface area contributed by atoms with Crippen molar-refractivity contribution in [3.8, 4) is 0 Å². The highest BCUT2D eigenvalue weighted by Gasteiger charge is 2.41. The van der Waals surface area contributed by atoms with E-state index in [-0.39, 0.29) is 18.4 Å². The molecule has 2 aliphatic heterocycles. The third-order valence-corrected chi connectivity index (χ3v) is 7.31. The van der Waals surface area contributed by atoms with Crippen LogP contribution in [0.2, 0.25) is 0 Å². The quantitative estimate of drug-likeness (QED) is 0.616. The zero-order chi connectivity index (χ0) is 22.2. The molecule has 0 radical (unpaired) electrons. The van der Waals surface area contributed by atoms with E-state index in [1.54, 1.807) is 0 Å². The lowest BCUT2D eigenvalue weighted by molar-refractivity contribution is -0.125. The molecule has 7 nitrogen and oxygen atoms in total. The van der Waals surface area contributed by atoms with Gasteiger partial charge in [-0.05, 0) is 71.6 Å². The molecule has 0 aromatic carbocycles. The normalized spacial score (nSPS) is 25.9. The molecule has 3 aliphatic rings. The Hall–Kier alpha value is -1.86. The third kappa shape index (κ3) is 4.82. The van der Waals surface area contributed by atoms with Crippen LogP contribution in [0, 0.1) is 12.8 Å². The van der Waals surface area contributed by atoms with Gasteiger partial charge in [0.05, 0.1) is 24.3 Å². The van der Waals surface area contributed by atoms with Gasteiger partial charge < -0.3 is 20.2 Å². The largest absolute Gasteiger partial charge is 0.465 e. The SMILES string of the molecule is Cc1oc2c(c1C(=O)NCC1CC3CCC(C1)N3CC(=O)NC(C)(C)CO)CCCC2. The van der Waals surface area contributed by atoms with E-state index >= 15 is 0 Å². The molecule has 4 rings (SSSR count). The second-order valence-electron chi connectivity index (χ2n) is 10.3. The summed E-state index contributed by atoms with van der Waals surface area (Å²) in [5, 5.41) is 15.5. The monoisotopic (exact) mass is 431 g/mol. The maximum Gasteiger partial charge on any atom is 0.255 e. The van der Waals surface area contributed by atoms with Crippen LogP contribution in [0.25, 0.3) is 0 Å². The zero-order valence-corrected chi connectivity index (χ0v) is 19.1. The summed E-state index contributed by atoms with van der Waals surface area (Å²) in [7, 11) is 0. The third-order valence-electron chi connectivity index (χ3n) is 7.31. The Morgan fingerprint density at radius 1 is 1.16 bits per heavy atom. The van der Waals surface area contributed by atoms with E-state index in [0.29, 0.717) is 31.1 Å². The fourth-order valence-corrected chi connectivity index (χ4v) is 5.76. The van der Waals surface area contributed by atoms with Crippen molar-refractivity contribution in [1.82, 2.24) is 15.5 Å². The zero-order valence-electron chi connectivity index (χ0n) is 19.1. The fraction of sp³-hybridized carbons (Fsp3) is 0.750. The van der Waals surface area contributed by atoms with Gasteiger partial charge >= 0.3 is 0 Å². The number of carbonyl (C=O) groups excluding carboxylic acids is 2. The van der Waals surface area contributed by atoms with E-state index < -0.39 is 5.54 Å². The van der Waals surface area contributed by atoms with Crippen molar-refractivity contribution in [2.24, 2.45) is 5.92 Å². The van der Waals surface area contributed by atoms with Crippen LogP contribution in [-0.2, 0) is 17.6 Å². The van der Waals surface area contributed by atoms with Crippen LogP contribution in [0.1, 0.15) is 79.8 Å². The number of piperidine rings is 1. The van der Waals surface area contributed by atoms with Crippen LogP contribution in [0.3, 0.4) is 0 Å². The van der Waals surface area contributed by atoms with Gasteiger partial charge in [-0.2, -0.15) is 0 Å². The van der Waals surface area contributed by atoms with Gasteiger partial charge in [-0.3, -0.25) is 14.5 Å². The van der Waals surface area contributed by atoms with Gasteiger partial charge in [0.25, 0.3) is 5.91 Å². The minimum Gasteiger partial charge on any atom is -0.465 e. The molecule has 2 saturated heterocycles. The molecule has 2 atom stereocenters. The topological polar surface area (TPSA) is 94.8 Å². The van der Waals surface area contributed by atoms with Crippen LogP contribution >= 0.6 is 0 Å². The number of aliphatic hydroxyl groups is 1. The highest BCUT2D eigenvalue weighted by molar-refractivity contribution is 5.97. The summed E-state index contributed by atoms with van der Waals surface area (Å²) < 4.78 is 5.87. The average molecular weight is 432 g/mol. The maximum atomic E-state index is 12.9. The molecule has 0 saturated carbocycles. The fourth-order valence-electron chi connectivity index (χ4n) is 5.76. The van der Waals surface area contributed by atoms with Gasteiger partial charge in [0.15, 0.2) is 0 Å². The van der Waals surface area contributed by atoms with Crippen molar-refractivity contribution < 1.29 is 19.1 Å². The Bertz CT molecular complexity index is 817. The number of nitrogens with one attached hydrogen (secondary N) is 2. The summed E-state index contributed by atoms with van der Waals surface area (Å²) >= 11 is 0.